The van der Waals surface area contributed by atoms with Crippen molar-refractivity contribution in [1.82, 2.24) is 0 Å². The fourth-order valence-corrected chi connectivity index (χ4v) is 4.20. The number of rotatable bonds is 5. The monoisotopic (exact) mass is 467 g/mol. The Morgan fingerprint density at radius 3 is 2.47 bits per heavy atom. The van der Waals surface area contributed by atoms with E-state index in [-0.39, 0.29) is 22.9 Å². The largest absolute Gasteiger partial charge is 0.507 e. The Hall–Kier alpha value is -3.94. The highest BCUT2D eigenvalue weighted by Crippen LogP contribution is 2.44. The molecule has 1 aromatic heterocycles. The van der Waals surface area contributed by atoms with Crippen LogP contribution >= 0.6 is 0 Å². The molecule has 1 saturated heterocycles. The number of aliphatic hydroxyl groups is 1. The van der Waals surface area contributed by atoms with Crippen molar-refractivity contribution in [2.75, 3.05) is 12.0 Å². The van der Waals surface area contributed by atoms with Crippen molar-refractivity contribution in [3.8, 4) is 5.75 Å². The fourth-order valence-electron chi connectivity index (χ4n) is 4.20. The third-order valence-corrected chi connectivity index (χ3v) is 5.88. The lowest BCUT2D eigenvalue weighted by Crippen LogP contribution is -2.30. The minimum atomic E-state index is -1.25. The van der Waals surface area contributed by atoms with E-state index in [1.807, 2.05) is 13.8 Å². The van der Waals surface area contributed by atoms with Gasteiger partial charge in [0, 0.05) is 11.6 Å². The molecule has 0 radical (unpaired) electrons. The molecule has 1 atom stereocenters. The first kappa shape index (κ1) is 23.2. The van der Waals surface area contributed by atoms with Crippen molar-refractivity contribution >= 4 is 23.1 Å². The summed E-state index contributed by atoms with van der Waals surface area (Å²) in [4.78, 5) is 27.1. The van der Waals surface area contributed by atoms with Crippen LogP contribution in [0.5, 0.6) is 5.75 Å². The van der Waals surface area contributed by atoms with Gasteiger partial charge in [0.15, 0.2) is 0 Å². The van der Waals surface area contributed by atoms with Gasteiger partial charge in [-0.1, -0.05) is 13.8 Å². The molecule has 176 valence electrons. The van der Waals surface area contributed by atoms with Gasteiger partial charge in [0.2, 0.25) is 0 Å². The van der Waals surface area contributed by atoms with Crippen LogP contribution in [0.3, 0.4) is 0 Å². The van der Waals surface area contributed by atoms with Gasteiger partial charge in [0.1, 0.15) is 34.9 Å². The Morgan fingerprint density at radius 2 is 1.88 bits per heavy atom. The van der Waals surface area contributed by atoms with Crippen LogP contribution in [-0.2, 0) is 9.59 Å². The molecule has 0 bridgehead atoms. The predicted octanol–water partition coefficient (Wildman–Crippen LogP) is 5.62. The number of amides is 1. The molecule has 1 fully saturated rings. The molecule has 1 unspecified atom stereocenters. The first-order valence-corrected chi connectivity index (χ1v) is 10.6. The lowest BCUT2D eigenvalue weighted by Gasteiger charge is -2.24. The van der Waals surface area contributed by atoms with E-state index in [4.69, 9.17) is 9.15 Å². The zero-order chi connectivity index (χ0) is 24.7. The molecule has 3 aromatic rings. The number of halogens is 2. The second-order valence-corrected chi connectivity index (χ2v) is 8.34. The van der Waals surface area contributed by atoms with Crippen LogP contribution in [0.2, 0.25) is 0 Å². The summed E-state index contributed by atoms with van der Waals surface area (Å²) in [7, 11) is 1.54. The standard InChI is InChI=1S/C26H23F2NO5/c1-13(2)16-12-17(14(3)10-21(16)33-4)24(30)22-23(20-6-5-9-34-20)29(26(32)25(22)31)19-8-7-15(27)11-18(19)28/h5-13,23,30H,1-4H3/b24-22+. The quantitative estimate of drug-likeness (QED) is 0.299. The molecule has 0 saturated carbocycles. The molecular weight excluding hydrogens is 444 g/mol. The van der Waals surface area contributed by atoms with Crippen molar-refractivity contribution in [3.63, 3.8) is 0 Å². The van der Waals surface area contributed by atoms with Crippen LogP contribution in [0.4, 0.5) is 14.5 Å². The third-order valence-electron chi connectivity index (χ3n) is 5.88. The molecule has 0 spiro atoms. The number of ether oxygens (including phenoxy) is 1. The third kappa shape index (κ3) is 3.75. The number of carbonyl (C=O) groups excluding carboxylic acids is 2. The SMILES string of the molecule is COc1cc(C)c(/C(O)=C2\C(=O)C(=O)N(c3ccc(F)cc3F)C2c2ccco2)cc1C(C)C. The van der Waals surface area contributed by atoms with Crippen molar-refractivity contribution in [2.24, 2.45) is 0 Å². The van der Waals surface area contributed by atoms with Gasteiger partial charge in [-0.3, -0.25) is 14.5 Å². The van der Waals surface area contributed by atoms with Gasteiger partial charge in [-0.15, -0.1) is 0 Å². The van der Waals surface area contributed by atoms with E-state index in [2.05, 4.69) is 0 Å². The summed E-state index contributed by atoms with van der Waals surface area (Å²) in [6.45, 7) is 5.64. The van der Waals surface area contributed by atoms with E-state index in [0.717, 1.165) is 22.6 Å². The number of Topliss-reactive ketones (excluding diaryl/α,β-unsaturated/α-hetero) is 1. The number of hydrogen-bond donors (Lipinski definition) is 1. The number of anilines is 1. The average Bonchev–Trinajstić information content (AvgIpc) is 3.40. The highest BCUT2D eigenvalue weighted by molar-refractivity contribution is 6.51. The van der Waals surface area contributed by atoms with Gasteiger partial charge in [0.25, 0.3) is 11.7 Å². The fraction of sp³-hybridized carbons (Fsp3) is 0.231. The van der Waals surface area contributed by atoms with Gasteiger partial charge in [0.05, 0.1) is 24.6 Å². The summed E-state index contributed by atoms with van der Waals surface area (Å²) in [6, 6.07) is 7.93. The molecule has 1 N–H and O–H groups in total. The van der Waals surface area contributed by atoms with Crippen molar-refractivity contribution < 1.29 is 32.6 Å². The molecule has 2 heterocycles. The van der Waals surface area contributed by atoms with E-state index in [1.54, 1.807) is 32.2 Å². The molecule has 1 amide bonds. The number of aryl methyl sites for hydroxylation is 1. The second kappa shape index (κ2) is 8.78. The Kier molecular flexibility index (Phi) is 6.00. The molecule has 1 aliphatic rings. The molecule has 2 aromatic carbocycles. The van der Waals surface area contributed by atoms with Crippen LogP contribution in [0.25, 0.3) is 5.76 Å². The van der Waals surface area contributed by atoms with Crippen LogP contribution in [-0.4, -0.2) is 23.9 Å². The summed E-state index contributed by atoms with van der Waals surface area (Å²) in [5, 5.41) is 11.4. The summed E-state index contributed by atoms with van der Waals surface area (Å²) in [6.07, 6.45) is 1.34. The zero-order valence-electron chi connectivity index (χ0n) is 19.1. The van der Waals surface area contributed by atoms with Gasteiger partial charge in [-0.2, -0.15) is 0 Å². The predicted molar refractivity (Wildman–Crippen MR) is 122 cm³/mol. The van der Waals surface area contributed by atoms with Crippen molar-refractivity contribution in [2.45, 2.75) is 32.7 Å². The zero-order valence-corrected chi connectivity index (χ0v) is 19.1. The molecule has 0 aliphatic carbocycles. The lowest BCUT2D eigenvalue weighted by molar-refractivity contribution is -0.132. The first-order chi connectivity index (χ1) is 16.1. The van der Waals surface area contributed by atoms with Gasteiger partial charge in [-0.05, 0) is 60.4 Å². The van der Waals surface area contributed by atoms with E-state index in [1.165, 1.54) is 12.3 Å². The van der Waals surface area contributed by atoms with Gasteiger partial charge in [-0.25, -0.2) is 8.78 Å². The van der Waals surface area contributed by atoms with E-state index >= 15 is 0 Å². The summed E-state index contributed by atoms with van der Waals surface area (Å²) in [5.41, 5.74) is 1.17. The maximum absolute atomic E-state index is 14.7. The van der Waals surface area contributed by atoms with E-state index < -0.39 is 35.1 Å². The summed E-state index contributed by atoms with van der Waals surface area (Å²) >= 11 is 0. The Labute approximate surface area is 195 Å². The van der Waals surface area contributed by atoms with Crippen LogP contribution in [0.1, 0.15) is 48.3 Å². The Balaban J connectivity index is 1.97. The second-order valence-electron chi connectivity index (χ2n) is 8.34. The number of benzene rings is 2. The molecule has 8 heteroatoms. The maximum atomic E-state index is 14.7. The maximum Gasteiger partial charge on any atom is 0.300 e. The normalized spacial score (nSPS) is 17.6. The minimum absolute atomic E-state index is 0.0405. The Bertz CT molecular complexity index is 1310. The van der Waals surface area contributed by atoms with Gasteiger partial charge < -0.3 is 14.3 Å². The highest BCUT2D eigenvalue weighted by atomic mass is 19.1. The van der Waals surface area contributed by atoms with E-state index in [0.29, 0.717) is 22.9 Å². The topological polar surface area (TPSA) is 80.0 Å². The average molecular weight is 467 g/mol. The summed E-state index contributed by atoms with van der Waals surface area (Å²) < 4.78 is 39.1. The highest BCUT2D eigenvalue weighted by Gasteiger charge is 2.49. The Morgan fingerprint density at radius 1 is 1.15 bits per heavy atom. The van der Waals surface area contributed by atoms with Crippen LogP contribution in [0, 0.1) is 18.6 Å². The number of hydrogen-bond acceptors (Lipinski definition) is 5. The number of furan rings is 1. The first-order valence-electron chi connectivity index (χ1n) is 10.6. The lowest BCUT2D eigenvalue weighted by atomic mass is 9.92. The summed E-state index contributed by atoms with van der Waals surface area (Å²) in [5.74, 6) is -3.55. The van der Waals surface area contributed by atoms with E-state index in [9.17, 15) is 23.5 Å². The van der Waals surface area contributed by atoms with Gasteiger partial charge >= 0.3 is 0 Å². The molecule has 6 nitrogen and oxygen atoms in total. The minimum Gasteiger partial charge on any atom is -0.507 e. The number of carbonyl (C=O) groups is 2. The number of ketones is 1. The van der Waals surface area contributed by atoms with Crippen molar-refractivity contribution in [3.05, 3.63) is 88.4 Å². The smallest absolute Gasteiger partial charge is 0.300 e. The van der Waals surface area contributed by atoms with Crippen molar-refractivity contribution in [1.29, 1.82) is 0 Å². The molecule has 34 heavy (non-hydrogen) atoms. The number of methoxy groups -OCH3 is 1. The number of aliphatic hydroxyl groups excluding tert-OH is 1. The molecule has 4 rings (SSSR count). The number of nitrogens with zero attached hydrogens (tertiary/aromatic N) is 1. The molecular formula is C26H23F2NO5. The van der Waals surface area contributed by atoms with Crippen LogP contribution in [0.15, 0.2) is 58.7 Å². The molecule has 1 aliphatic heterocycles. The van der Waals surface area contributed by atoms with Crippen LogP contribution < -0.4 is 9.64 Å².